The molecule has 6 heteroatoms. The van der Waals surface area contributed by atoms with Gasteiger partial charge < -0.3 is 15.4 Å². The molecule has 0 radical (unpaired) electrons. The number of ether oxygens (including phenoxy) is 1. The maximum absolute atomic E-state index is 5.75. The molecule has 0 aliphatic carbocycles. The van der Waals surface area contributed by atoms with Crippen LogP contribution in [0.4, 0.5) is 0 Å². The molecule has 1 aromatic heterocycles. The fourth-order valence-electron chi connectivity index (χ4n) is 3.56. The number of piperidine rings is 1. The predicted octanol–water partition coefficient (Wildman–Crippen LogP) is 3.37. The molecule has 0 saturated carbocycles. The lowest BCUT2D eigenvalue weighted by atomic mass is 10.0. The minimum Gasteiger partial charge on any atom is -0.489 e. The summed E-state index contributed by atoms with van der Waals surface area (Å²) in [5.41, 5.74) is 2.21. The Hall–Kier alpha value is -2.86. The molecule has 0 amide bonds. The van der Waals surface area contributed by atoms with Gasteiger partial charge in [0.2, 0.25) is 0 Å². The summed E-state index contributed by atoms with van der Waals surface area (Å²) in [7, 11) is 0. The molecule has 1 aliphatic heterocycles. The number of para-hydroxylation sites is 1. The number of rotatable bonds is 9. The zero-order chi connectivity index (χ0) is 21.0. The van der Waals surface area contributed by atoms with Crippen LogP contribution in [0.5, 0.6) is 5.75 Å². The van der Waals surface area contributed by atoms with Crippen molar-refractivity contribution in [1.82, 2.24) is 20.5 Å². The van der Waals surface area contributed by atoms with Gasteiger partial charge in [-0.05, 0) is 38.0 Å². The summed E-state index contributed by atoms with van der Waals surface area (Å²) in [6.45, 7) is 10.8. The number of nitrogens with one attached hydrogen (secondary N) is 2. The molecule has 2 heterocycles. The van der Waals surface area contributed by atoms with Gasteiger partial charge in [-0.3, -0.25) is 9.88 Å². The largest absolute Gasteiger partial charge is 0.489 e. The highest BCUT2D eigenvalue weighted by Gasteiger charge is 2.20. The van der Waals surface area contributed by atoms with E-state index in [0.29, 0.717) is 19.2 Å². The average Bonchev–Trinajstić information content (AvgIpc) is 2.79. The molecule has 3 rings (SSSR count). The summed E-state index contributed by atoms with van der Waals surface area (Å²) in [5.74, 6) is 1.72. The number of hydrogen-bond donors (Lipinski definition) is 2. The number of benzene rings is 1. The van der Waals surface area contributed by atoms with Gasteiger partial charge in [0.25, 0.3) is 0 Å². The summed E-state index contributed by atoms with van der Waals surface area (Å²) in [5, 5.41) is 6.99. The third kappa shape index (κ3) is 6.88. The van der Waals surface area contributed by atoms with E-state index in [4.69, 9.17) is 9.73 Å². The first kappa shape index (κ1) is 21.8. The van der Waals surface area contributed by atoms with Crippen molar-refractivity contribution in [2.75, 3.05) is 26.2 Å². The number of pyridine rings is 1. The Labute approximate surface area is 180 Å². The fourth-order valence-corrected chi connectivity index (χ4v) is 3.56. The summed E-state index contributed by atoms with van der Waals surface area (Å²) >= 11 is 0. The van der Waals surface area contributed by atoms with Gasteiger partial charge in [-0.25, -0.2) is 4.99 Å². The average molecular weight is 408 g/mol. The Morgan fingerprint density at radius 1 is 1.23 bits per heavy atom. The molecule has 0 bridgehead atoms. The van der Waals surface area contributed by atoms with Crippen molar-refractivity contribution in [2.24, 2.45) is 4.99 Å². The van der Waals surface area contributed by atoms with E-state index in [1.807, 2.05) is 30.5 Å². The van der Waals surface area contributed by atoms with E-state index in [0.717, 1.165) is 62.0 Å². The van der Waals surface area contributed by atoms with Gasteiger partial charge in [0.05, 0.1) is 12.2 Å². The SMILES string of the molecule is C=CCOc1ccccc1CN=C(NCC)NC1CCN(Cc2ccccn2)CC1. The van der Waals surface area contributed by atoms with E-state index >= 15 is 0 Å². The molecule has 1 aromatic carbocycles. The van der Waals surface area contributed by atoms with Crippen LogP contribution in [0.1, 0.15) is 31.0 Å². The fraction of sp³-hybridized carbons (Fsp3) is 0.417. The van der Waals surface area contributed by atoms with Gasteiger partial charge >= 0.3 is 0 Å². The standard InChI is InChI=1S/C24H33N5O/c1-3-17-30-23-11-6-5-9-20(23)18-27-24(25-4-2)28-21-12-15-29(16-13-21)19-22-10-7-8-14-26-22/h3,5-11,14,21H,1,4,12-13,15-19H2,2H3,(H2,25,27,28). The van der Waals surface area contributed by atoms with Gasteiger partial charge in [-0.1, -0.05) is 36.9 Å². The second-order valence-corrected chi connectivity index (χ2v) is 7.42. The van der Waals surface area contributed by atoms with Crippen molar-refractivity contribution >= 4 is 5.96 Å². The topological polar surface area (TPSA) is 61.8 Å². The number of likely N-dealkylation sites (tertiary alicyclic amines) is 1. The molecule has 1 saturated heterocycles. The quantitative estimate of drug-likeness (QED) is 0.379. The third-order valence-electron chi connectivity index (χ3n) is 5.12. The molecule has 160 valence electrons. The zero-order valence-corrected chi connectivity index (χ0v) is 17.9. The van der Waals surface area contributed by atoms with Crippen LogP contribution in [0.15, 0.2) is 66.3 Å². The summed E-state index contributed by atoms with van der Waals surface area (Å²) in [4.78, 5) is 11.7. The Morgan fingerprint density at radius 2 is 2.03 bits per heavy atom. The van der Waals surface area contributed by atoms with Gasteiger partial charge in [-0.15, -0.1) is 0 Å². The highest BCUT2D eigenvalue weighted by Crippen LogP contribution is 2.19. The monoisotopic (exact) mass is 407 g/mol. The highest BCUT2D eigenvalue weighted by atomic mass is 16.5. The lowest BCUT2D eigenvalue weighted by molar-refractivity contribution is 0.196. The first-order chi connectivity index (χ1) is 14.8. The zero-order valence-electron chi connectivity index (χ0n) is 17.9. The molecule has 30 heavy (non-hydrogen) atoms. The molecular weight excluding hydrogens is 374 g/mol. The van der Waals surface area contributed by atoms with Crippen molar-refractivity contribution in [3.63, 3.8) is 0 Å². The van der Waals surface area contributed by atoms with Crippen molar-refractivity contribution in [3.8, 4) is 5.75 Å². The van der Waals surface area contributed by atoms with E-state index in [9.17, 15) is 0 Å². The molecule has 1 fully saturated rings. The van der Waals surface area contributed by atoms with Crippen LogP contribution < -0.4 is 15.4 Å². The first-order valence-electron chi connectivity index (χ1n) is 10.8. The predicted molar refractivity (Wildman–Crippen MR) is 123 cm³/mol. The van der Waals surface area contributed by atoms with E-state index < -0.39 is 0 Å². The summed E-state index contributed by atoms with van der Waals surface area (Å²) in [6, 6.07) is 14.6. The minimum atomic E-state index is 0.426. The van der Waals surface area contributed by atoms with E-state index in [2.05, 4.69) is 52.2 Å². The molecule has 6 nitrogen and oxygen atoms in total. The smallest absolute Gasteiger partial charge is 0.191 e. The summed E-state index contributed by atoms with van der Waals surface area (Å²) in [6.07, 6.45) is 5.81. The normalized spacial score (nSPS) is 15.6. The van der Waals surface area contributed by atoms with Crippen LogP contribution in [0.2, 0.25) is 0 Å². The highest BCUT2D eigenvalue weighted by molar-refractivity contribution is 5.80. The maximum atomic E-state index is 5.75. The van der Waals surface area contributed by atoms with Crippen molar-refractivity contribution in [3.05, 3.63) is 72.6 Å². The van der Waals surface area contributed by atoms with Crippen LogP contribution >= 0.6 is 0 Å². The number of aromatic nitrogens is 1. The minimum absolute atomic E-state index is 0.426. The van der Waals surface area contributed by atoms with Gasteiger partial charge in [0.15, 0.2) is 5.96 Å². The van der Waals surface area contributed by atoms with Crippen LogP contribution in [0, 0.1) is 0 Å². The number of aliphatic imine (C=N–C) groups is 1. The Balaban J connectivity index is 1.53. The molecular formula is C24H33N5O. The van der Waals surface area contributed by atoms with Gasteiger partial charge in [0, 0.05) is 44.0 Å². The maximum Gasteiger partial charge on any atom is 0.191 e. The first-order valence-corrected chi connectivity index (χ1v) is 10.8. The van der Waals surface area contributed by atoms with E-state index in [-0.39, 0.29) is 0 Å². The third-order valence-corrected chi connectivity index (χ3v) is 5.12. The van der Waals surface area contributed by atoms with Gasteiger partial charge in [0.1, 0.15) is 12.4 Å². The second-order valence-electron chi connectivity index (χ2n) is 7.42. The number of hydrogen-bond acceptors (Lipinski definition) is 4. The van der Waals surface area contributed by atoms with E-state index in [1.54, 1.807) is 6.08 Å². The Morgan fingerprint density at radius 3 is 2.77 bits per heavy atom. The molecule has 0 atom stereocenters. The molecule has 0 unspecified atom stereocenters. The molecule has 1 aliphatic rings. The molecule has 2 aromatic rings. The van der Waals surface area contributed by atoms with Crippen LogP contribution in [0.3, 0.4) is 0 Å². The van der Waals surface area contributed by atoms with Crippen molar-refractivity contribution in [2.45, 2.75) is 38.9 Å². The lowest BCUT2D eigenvalue weighted by Gasteiger charge is -2.32. The molecule has 0 spiro atoms. The van der Waals surface area contributed by atoms with Crippen molar-refractivity contribution in [1.29, 1.82) is 0 Å². The second kappa shape index (κ2) is 12.0. The van der Waals surface area contributed by atoms with Crippen LogP contribution in [0.25, 0.3) is 0 Å². The number of nitrogens with zero attached hydrogens (tertiary/aromatic N) is 3. The number of guanidine groups is 1. The lowest BCUT2D eigenvalue weighted by Crippen LogP contribution is -2.48. The molecule has 2 N–H and O–H groups in total. The van der Waals surface area contributed by atoms with Crippen molar-refractivity contribution < 1.29 is 4.74 Å². The Bertz CT molecular complexity index is 800. The van der Waals surface area contributed by atoms with Gasteiger partial charge in [-0.2, -0.15) is 0 Å². The van der Waals surface area contributed by atoms with Crippen LogP contribution in [-0.2, 0) is 13.1 Å². The Kier molecular flexibility index (Phi) is 8.72. The summed E-state index contributed by atoms with van der Waals surface area (Å²) < 4.78 is 5.75. The van der Waals surface area contributed by atoms with E-state index in [1.165, 1.54) is 0 Å². The van der Waals surface area contributed by atoms with Crippen LogP contribution in [-0.4, -0.2) is 48.1 Å².